The molecule has 1 aromatic carbocycles. The fourth-order valence-corrected chi connectivity index (χ4v) is 2.40. The molecule has 0 aromatic heterocycles. The zero-order chi connectivity index (χ0) is 16.5. The molecule has 0 spiro atoms. The zero-order valence-corrected chi connectivity index (χ0v) is 15.0. The van der Waals surface area contributed by atoms with Gasteiger partial charge in [-0.25, -0.2) is 0 Å². The molecule has 0 fully saturated rings. The van der Waals surface area contributed by atoms with Crippen molar-refractivity contribution in [2.45, 2.75) is 19.8 Å². The Bertz CT molecular complexity index is 506. The van der Waals surface area contributed by atoms with Crippen molar-refractivity contribution in [1.29, 1.82) is 0 Å². The molecule has 1 N–H and O–H groups in total. The Morgan fingerprint density at radius 1 is 1.14 bits per heavy atom. The molecule has 6 heteroatoms. The van der Waals surface area contributed by atoms with Gasteiger partial charge in [-0.3, -0.25) is 9.59 Å². The third-order valence-corrected chi connectivity index (χ3v) is 3.93. The number of rotatable bonds is 8. The van der Waals surface area contributed by atoms with Crippen LogP contribution >= 0.6 is 15.9 Å². The van der Waals surface area contributed by atoms with Gasteiger partial charge in [0.25, 0.3) is 0 Å². The number of carbonyl (C=O) groups excluding carboxylic acids is 2. The average Bonchev–Trinajstić information content (AvgIpc) is 2.44. The van der Waals surface area contributed by atoms with Gasteiger partial charge in [-0.1, -0.05) is 12.1 Å². The summed E-state index contributed by atoms with van der Waals surface area (Å²) in [4.78, 5) is 27.4. The Morgan fingerprint density at radius 3 is 2.41 bits per heavy atom. The Hall–Kier alpha value is -1.40. The quantitative estimate of drug-likeness (QED) is 0.765. The van der Waals surface area contributed by atoms with Crippen molar-refractivity contribution in [1.82, 2.24) is 9.80 Å². The summed E-state index contributed by atoms with van der Waals surface area (Å²) in [7, 11) is 4.01. The monoisotopic (exact) mass is 369 g/mol. The summed E-state index contributed by atoms with van der Waals surface area (Å²) in [6, 6.07) is 7.46. The Kier molecular flexibility index (Phi) is 8.12. The minimum atomic E-state index is -0.0919. The van der Waals surface area contributed by atoms with E-state index in [-0.39, 0.29) is 11.8 Å². The predicted octanol–water partition coefficient (Wildman–Crippen LogP) is 2.58. The van der Waals surface area contributed by atoms with Gasteiger partial charge < -0.3 is 15.1 Å². The fourth-order valence-electron chi connectivity index (χ4n) is 2.02. The number of hydrogen-bond acceptors (Lipinski definition) is 3. The maximum atomic E-state index is 12.0. The highest BCUT2D eigenvalue weighted by Gasteiger charge is 2.12. The summed E-state index contributed by atoms with van der Waals surface area (Å²) in [5.41, 5.74) is 0.745. The number of para-hydroxylation sites is 1. The van der Waals surface area contributed by atoms with Gasteiger partial charge in [0.05, 0.1) is 5.69 Å². The van der Waals surface area contributed by atoms with Crippen LogP contribution in [-0.4, -0.2) is 55.3 Å². The van der Waals surface area contributed by atoms with Crippen LogP contribution in [0.3, 0.4) is 0 Å². The normalized spacial score (nSPS) is 10.6. The first-order valence-corrected chi connectivity index (χ1v) is 8.14. The molecule has 5 nitrogen and oxygen atoms in total. The summed E-state index contributed by atoms with van der Waals surface area (Å²) >= 11 is 3.39. The molecular weight excluding hydrogens is 346 g/mol. The molecule has 1 aromatic rings. The molecule has 0 aliphatic carbocycles. The molecule has 0 saturated carbocycles. The summed E-state index contributed by atoms with van der Waals surface area (Å²) < 4.78 is 0.845. The Labute approximate surface area is 140 Å². The third kappa shape index (κ3) is 7.04. The number of nitrogens with one attached hydrogen (secondary N) is 1. The number of anilines is 1. The minimum absolute atomic E-state index is 0.00690. The topological polar surface area (TPSA) is 52.7 Å². The lowest BCUT2D eigenvalue weighted by molar-refractivity contribution is -0.129. The molecule has 0 heterocycles. The van der Waals surface area contributed by atoms with Crippen molar-refractivity contribution >= 4 is 33.4 Å². The summed E-state index contributed by atoms with van der Waals surface area (Å²) in [6.45, 7) is 3.59. The number of nitrogens with zero attached hydrogens (tertiary/aromatic N) is 2. The summed E-state index contributed by atoms with van der Waals surface area (Å²) in [6.07, 6.45) is 1.20. The van der Waals surface area contributed by atoms with Gasteiger partial charge >= 0.3 is 0 Å². The van der Waals surface area contributed by atoms with Crippen molar-refractivity contribution in [2.75, 3.05) is 39.0 Å². The number of hydrogen-bond donors (Lipinski definition) is 1. The van der Waals surface area contributed by atoms with Crippen LogP contribution in [0.25, 0.3) is 0 Å². The van der Waals surface area contributed by atoms with Gasteiger partial charge in [-0.2, -0.15) is 0 Å². The van der Waals surface area contributed by atoms with E-state index in [2.05, 4.69) is 26.1 Å². The second kappa shape index (κ2) is 9.58. The van der Waals surface area contributed by atoms with Crippen LogP contribution in [0.15, 0.2) is 28.7 Å². The molecule has 0 unspecified atom stereocenters. The van der Waals surface area contributed by atoms with Crippen LogP contribution in [0.1, 0.15) is 19.8 Å². The van der Waals surface area contributed by atoms with Crippen LogP contribution in [0.4, 0.5) is 5.69 Å². The first-order valence-electron chi connectivity index (χ1n) is 7.34. The van der Waals surface area contributed by atoms with E-state index < -0.39 is 0 Å². The lowest BCUT2D eigenvalue weighted by Crippen LogP contribution is -2.34. The first-order chi connectivity index (χ1) is 10.4. The largest absolute Gasteiger partial charge is 0.342 e. The van der Waals surface area contributed by atoms with E-state index >= 15 is 0 Å². The van der Waals surface area contributed by atoms with Gasteiger partial charge in [-0.05, 0) is 55.1 Å². The standard InChI is InChI=1S/C16H24BrN3O2/c1-13(21)20(11-6-10-19(2)3)12-9-16(22)18-15-8-5-4-7-14(15)17/h4-5,7-8H,6,9-12H2,1-3H3,(H,18,22). The summed E-state index contributed by atoms with van der Waals surface area (Å²) in [5, 5.41) is 2.85. The molecular formula is C16H24BrN3O2. The molecule has 0 aliphatic heterocycles. The van der Waals surface area contributed by atoms with E-state index in [9.17, 15) is 9.59 Å². The molecule has 1 rings (SSSR count). The lowest BCUT2D eigenvalue weighted by atomic mass is 10.3. The molecule has 2 amide bonds. The predicted molar refractivity (Wildman–Crippen MR) is 92.8 cm³/mol. The zero-order valence-electron chi connectivity index (χ0n) is 13.4. The average molecular weight is 370 g/mol. The smallest absolute Gasteiger partial charge is 0.226 e. The van der Waals surface area contributed by atoms with Gasteiger partial charge in [0, 0.05) is 30.9 Å². The lowest BCUT2D eigenvalue weighted by Gasteiger charge is -2.21. The second-order valence-electron chi connectivity index (χ2n) is 5.44. The van der Waals surface area contributed by atoms with Crippen molar-refractivity contribution < 1.29 is 9.59 Å². The summed E-state index contributed by atoms with van der Waals surface area (Å²) in [5.74, 6) is -0.0850. The van der Waals surface area contributed by atoms with E-state index in [4.69, 9.17) is 0 Å². The molecule has 0 atom stereocenters. The van der Waals surface area contributed by atoms with Crippen LogP contribution in [0, 0.1) is 0 Å². The molecule has 22 heavy (non-hydrogen) atoms. The molecule has 122 valence electrons. The van der Waals surface area contributed by atoms with Crippen LogP contribution in [0.5, 0.6) is 0 Å². The number of benzene rings is 1. The second-order valence-corrected chi connectivity index (χ2v) is 6.30. The fraction of sp³-hybridized carbons (Fsp3) is 0.500. The van der Waals surface area contributed by atoms with Crippen LogP contribution < -0.4 is 5.32 Å². The molecule has 0 radical (unpaired) electrons. The van der Waals surface area contributed by atoms with Gasteiger partial charge in [0.15, 0.2) is 0 Å². The highest BCUT2D eigenvalue weighted by Crippen LogP contribution is 2.21. The van der Waals surface area contributed by atoms with Gasteiger partial charge in [-0.15, -0.1) is 0 Å². The van der Waals surface area contributed by atoms with Crippen molar-refractivity contribution in [3.05, 3.63) is 28.7 Å². The number of halogens is 1. The number of carbonyl (C=O) groups is 2. The van der Waals surface area contributed by atoms with E-state index in [1.807, 2.05) is 38.4 Å². The maximum Gasteiger partial charge on any atom is 0.226 e. The van der Waals surface area contributed by atoms with E-state index in [0.717, 1.165) is 23.1 Å². The van der Waals surface area contributed by atoms with Crippen molar-refractivity contribution in [2.24, 2.45) is 0 Å². The van der Waals surface area contributed by atoms with E-state index in [0.29, 0.717) is 19.5 Å². The van der Waals surface area contributed by atoms with Crippen molar-refractivity contribution in [3.8, 4) is 0 Å². The minimum Gasteiger partial charge on any atom is -0.342 e. The highest BCUT2D eigenvalue weighted by atomic mass is 79.9. The SMILES string of the molecule is CC(=O)N(CCCN(C)C)CCC(=O)Nc1ccccc1Br. The highest BCUT2D eigenvalue weighted by molar-refractivity contribution is 9.10. The third-order valence-electron chi connectivity index (χ3n) is 3.24. The molecule has 0 saturated heterocycles. The molecule has 0 aliphatic rings. The maximum absolute atomic E-state index is 12.0. The molecule has 0 bridgehead atoms. The first kappa shape index (κ1) is 18.6. The van der Waals surface area contributed by atoms with Gasteiger partial charge in [0.1, 0.15) is 0 Å². The van der Waals surface area contributed by atoms with Gasteiger partial charge in [0.2, 0.25) is 11.8 Å². The van der Waals surface area contributed by atoms with Crippen molar-refractivity contribution in [3.63, 3.8) is 0 Å². The van der Waals surface area contributed by atoms with Crippen LogP contribution in [-0.2, 0) is 9.59 Å². The Morgan fingerprint density at radius 2 is 1.82 bits per heavy atom. The van der Waals surface area contributed by atoms with E-state index in [1.165, 1.54) is 0 Å². The number of amides is 2. The van der Waals surface area contributed by atoms with E-state index in [1.54, 1.807) is 11.8 Å². The Balaban J connectivity index is 2.42. The van der Waals surface area contributed by atoms with Crippen LogP contribution in [0.2, 0.25) is 0 Å².